The molecule has 4 atom stereocenters. The molecule has 4 bridgehead atoms. The van der Waals surface area contributed by atoms with Crippen LogP contribution in [0.1, 0.15) is 89.5 Å². The Morgan fingerprint density at radius 1 is 1.04 bits per heavy atom. The first-order valence-corrected chi connectivity index (χ1v) is 17.8. The third kappa shape index (κ3) is 5.73. The Labute approximate surface area is 276 Å². The van der Waals surface area contributed by atoms with Gasteiger partial charge in [-0.1, -0.05) is 42.1 Å². The molecular formula is C36H46Cl2N2O5. The number of nitrogens with zero attached hydrogens (tertiary/aromatic N) is 1. The minimum Gasteiger partial charge on any atom is -0.468 e. The van der Waals surface area contributed by atoms with E-state index in [1.54, 1.807) is 17.0 Å². The zero-order valence-electron chi connectivity index (χ0n) is 26.5. The Balaban J connectivity index is 1.18. The number of nitrogens with one attached hydrogen (secondary N) is 1. The van der Waals surface area contributed by atoms with Crippen molar-refractivity contribution in [2.75, 3.05) is 13.7 Å². The number of halogens is 2. The fourth-order valence-corrected chi connectivity index (χ4v) is 11.1. The molecule has 244 valence electrons. The molecule has 1 N–H and O–H groups in total. The van der Waals surface area contributed by atoms with Gasteiger partial charge in [0.1, 0.15) is 5.41 Å². The molecule has 1 saturated heterocycles. The molecule has 2 aliphatic heterocycles. The molecule has 0 aromatic heterocycles. The number of amides is 2. The lowest BCUT2D eigenvalue weighted by molar-refractivity contribution is -0.178. The summed E-state index contributed by atoms with van der Waals surface area (Å²) in [5.74, 6) is 1.28. The molecule has 1 aromatic carbocycles. The second-order valence-electron chi connectivity index (χ2n) is 15.3. The van der Waals surface area contributed by atoms with E-state index in [1.807, 2.05) is 19.1 Å². The highest BCUT2D eigenvalue weighted by Gasteiger charge is 2.60. The summed E-state index contributed by atoms with van der Waals surface area (Å²) in [6, 6.07) is 5.23. The standard InChI is InChI=1S/C36H46Cl2N2O5/c1-21-36(34(43)44-2)18-27(12-32(41)39-20-35-15-22-9-23(16-35)11-24(10-22)17-35)33(42)40(19-26-7-8-28(37)13-29(26)38)31(36)14-30(45-21)25-5-3-4-6-25/h7-8,13-14,21-25,27,30H,3-6,9-12,15-20H2,1-2H3,(H,39,41)/t21-,22?,23?,24?,27+,30-,35?,36+/m1/s1. The Bertz CT molecular complexity index is 1350. The Morgan fingerprint density at radius 2 is 1.71 bits per heavy atom. The van der Waals surface area contributed by atoms with E-state index in [9.17, 15) is 14.4 Å². The van der Waals surface area contributed by atoms with E-state index < -0.39 is 23.4 Å². The topological polar surface area (TPSA) is 84.9 Å². The van der Waals surface area contributed by atoms with Crippen LogP contribution in [0.4, 0.5) is 0 Å². The van der Waals surface area contributed by atoms with E-state index in [4.69, 9.17) is 32.7 Å². The van der Waals surface area contributed by atoms with E-state index in [-0.39, 0.29) is 42.7 Å². The van der Waals surface area contributed by atoms with Crippen LogP contribution in [0.25, 0.3) is 0 Å². The second kappa shape index (κ2) is 12.2. The summed E-state index contributed by atoms with van der Waals surface area (Å²) < 4.78 is 12.1. The predicted molar refractivity (Wildman–Crippen MR) is 172 cm³/mol. The molecule has 0 unspecified atom stereocenters. The van der Waals surface area contributed by atoms with Crippen LogP contribution in [0.5, 0.6) is 0 Å². The number of esters is 1. The van der Waals surface area contributed by atoms with E-state index in [0.29, 0.717) is 28.2 Å². The molecule has 9 heteroatoms. The third-order valence-corrected chi connectivity index (χ3v) is 12.9. The number of hydrogen-bond acceptors (Lipinski definition) is 5. The second-order valence-corrected chi connectivity index (χ2v) is 16.1. The number of fused-ring (bicyclic) bond motifs is 1. The van der Waals surface area contributed by atoms with Gasteiger partial charge in [0, 0.05) is 34.6 Å². The molecule has 45 heavy (non-hydrogen) atoms. The average Bonchev–Trinajstić information content (AvgIpc) is 3.54. The highest BCUT2D eigenvalue weighted by atomic mass is 35.5. The van der Waals surface area contributed by atoms with Gasteiger partial charge in [-0.25, -0.2) is 0 Å². The van der Waals surface area contributed by atoms with E-state index in [0.717, 1.165) is 49.0 Å². The summed E-state index contributed by atoms with van der Waals surface area (Å²) in [4.78, 5) is 43.7. The normalized spacial score (nSPS) is 37.4. The van der Waals surface area contributed by atoms with Crippen LogP contribution < -0.4 is 5.32 Å². The van der Waals surface area contributed by atoms with Gasteiger partial charge in [0.25, 0.3) is 0 Å². The molecule has 6 fully saturated rings. The summed E-state index contributed by atoms with van der Waals surface area (Å²) >= 11 is 12.8. The van der Waals surface area contributed by atoms with Crippen LogP contribution in [-0.2, 0) is 30.4 Å². The van der Waals surface area contributed by atoms with Crippen LogP contribution in [0.15, 0.2) is 30.0 Å². The average molecular weight is 658 g/mol. The number of hydrogen-bond donors (Lipinski definition) is 1. The predicted octanol–water partition coefficient (Wildman–Crippen LogP) is 7.09. The molecule has 5 aliphatic carbocycles. The van der Waals surface area contributed by atoms with Crippen LogP contribution in [0.2, 0.25) is 10.0 Å². The van der Waals surface area contributed by atoms with Gasteiger partial charge in [0.2, 0.25) is 11.8 Å². The molecule has 2 amide bonds. The maximum absolute atomic E-state index is 14.5. The lowest BCUT2D eigenvalue weighted by atomic mass is 9.49. The highest BCUT2D eigenvalue weighted by Crippen LogP contribution is 2.60. The smallest absolute Gasteiger partial charge is 0.320 e. The number of carbonyl (C=O) groups is 3. The van der Waals surface area contributed by atoms with Crippen molar-refractivity contribution >= 4 is 41.0 Å². The monoisotopic (exact) mass is 656 g/mol. The van der Waals surface area contributed by atoms with Gasteiger partial charge in [-0.3, -0.25) is 14.4 Å². The molecule has 0 spiro atoms. The molecular weight excluding hydrogens is 611 g/mol. The van der Waals surface area contributed by atoms with Gasteiger partial charge in [0.15, 0.2) is 0 Å². The number of piperidine rings is 1. The highest BCUT2D eigenvalue weighted by molar-refractivity contribution is 6.35. The summed E-state index contributed by atoms with van der Waals surface area (Å²) in [6.45, 7) is 2.75. The van der Waals surface area contributed by atoms with Crippen molar-refractivity contribution in [1.82, 2.24) is 10.2 Å². The molecule has 8 rings (SSSR count). The summed E-state index contributed by atoms with van der Waals surface area (Å²) in [6.07, 6.45) is 13.5. The lowest BCUT2D eigenvalue weighted by Crippen LogP contribution is -2.60. The van der Waals surface area contributed by atoms with Crippen molar-refractivity contribution in [3.8, 4) is 0 Å². The van der Waals surface area contributed by atoms with Crippen LogP contribution >= 0.6 is 23.2 Å². The number of likely N-dealkylation sites (tertiary alicyclic amines) is 1. The molecule has 0 radical (unpaired) electrons. The first-order valence-electron chi connectivity index (χ1n) is 17.1. The van der Waals surface area contributed by atoms with E-state index >= 15 is 0 Å². The zero-order valence-corrected chi connectivity index (χ0v) is 28.0. The maximum Gasteiger partial charge on any atom is 0.320 e. The van der Waals surface area contributed by atoms with Crippen molar-refractivity contribution in [2.24, 2.45) is 40.4 Å². The summed E-state index contributed by atoms with van der Waals surface area (Å²) in [5.41, 5.74) is 0.313. The summed E-state index contributed by atoms with van der Waals surface area (Å²) in [7, 11) is 1.38. The molecule has 1 aromatic rings. The van der Waals surface area contributed by atoms with Crippen molar-refractivity contribution in [3.05, 3.63) is 45.6 Å². The van der Waals surface area contributed by atoms with E-state index in [2.05, 4.69) is 5.32 Å². The van der Waals surface area contributed by atoms with Crippen molar-refractivity contribution < 1.29 is 23.9 Å². The minimum atomic E-state index is -1.22. The number of ether oxygens (including phenoxy) is 2. The quantitative estimate of drug-likeness (QED) is 0.302. The molecule has 7 aliphatic rings. The lowest BCUT2D eigenvalue weighted by Gasteiger charge is -2.57. The molecule has 2 heterocycles. The van der Waals surface area contributed by atoms with E-state index in [1.165, 1.54) is 45.6 Å². The zero-order chi connectivity index (χ0) is 31.5. The largest absolute Gasteiger partial charge is 0.468 e. The SMILES string of the molecule is COC(=O)[C@]12C[C@H](CC(=O)NCC34CC5CC(CC(C5)C3)C4)C(=O)N(Cc3ccc(Cl)cc3Cl)C1=C[C@H](C1CCCC1)O[C@@H]2C. The number of rotatable bonds is 8. The van der Waals surface area contributed by atoms with Gasteiger partial charge in [-0.15, -0.1) is 0 Å². The third-order valence-electron chi connectivity index (χ3n) is 12.3. The Hall–Kier alpha value is -2.09. The van der Waals surface area contributed by atoms with Crippen LogP contribution in [0, 0.1) is 40.4 Å². The minimum absolute atomic E-state index is 0.0147. The Kier molecular flexibility index (Phi) is 8.52. The summed E-state index contributed by atoms with van der Waals surface area (Å²) in [5, 5.41) is 4.22. The van der Waals surface area contributed by atoms with Crippen molar-refractivity contribution in [2.45, 2.75) is 103 Å². The fraction of sp³-hybridized carbons (Fsp3) is 0.694. The first kappa shape index (κ1) is 31.5. The van der Waals surface area contributed by atoms with Gasteiger partial charge >= 0.3 is 5.97 Å². The first-order chi connectivity index (χ1) is 21.6. The van der Waals surface area contributed by atoms with Crippen molar-refractivity contribution in [1.29, 1.82) is 0 Å². The fourth-order valence-electron chi connectivity index (χ4n) is 10.6. The molecule has 5 saturated carbocycles. The molecule has 7 nitrogen and oxygen atoms in total. The van der Waals surface area contributed by atoms with Crippen molar-refractivity contribution in [3.63, 3.8) is 0 Å². The number of carbonyl (C=O) groups excluding carboxylic acids is 3. The van der Waals surface area contributed by atoms with Crippen LogP contribution in [0.3, 0.4) is 0 Å². The van der Waals surface area contributed by atoms with Gasteiger partial charge in [-0.2, -0.15) is 0 Å². The maximum atomic E-state index is 14.5. The van der Waals surface area contributed by atoms with Gasteiger partial charge < -0.3 is 19.7 Å². The number of methoxy groups -OCH3 is 1. The van der Waals surface area contributed by atoms with Gasteiger partial charge in [0.05, 0.1) is 25.9 Å². The Morgan fingerprint density at radius 3 is 2.33 bits per heavy atom. The van der Waals surface area contributed by atoms with Gasteiger partial charge in [-0.05, 0) is 118 Å². The van der Waals surface area contributed by atoms with Crippen LogP contribution in [-0.4, -0.2) is 48.5 Å². The number of benzene rings is 1.